The first-order chi connectivity index (χ1) is 14.3. The summed E-state index contributed by atoms with van der Waals surface area (Å²) in [7, 11) is 0. The van der Waals surface area contributed by atoms with E-state index >= 15 is 0 Å². The maximum atomic E-state index is 12.1. The van der Waals surface area contributed by atoms with Crippen molar-refractivity contribution in [2.45, 2.75) is 96.9 Å². The summed E-state index contributed by atoms with van der Waals surface area (Å²) in [6.07, 6.45) is 4.36. The van der Waals surface area contributed by atoms with Crippen molar-refractivity contribution in [3.8, 4) is 0 Å². The summed E-state index contributed by atoms with van der Waals surface area (Å²) in [6, 6.07) is 0. The van der Waals surface area contributed by atoms with Crippen LogP contribution in [-0.4, -0.2) is 47.8 Å². The molecule has 0 aromatic heterocycles. The van der Waals surface area contributed by atoms with Crippen molar-refractivity contribution < 1.29 is 19.3 Å². The summed E-state index contributed by atoms with van der Waals surface area (Å²) in [6.45, 7) is 7.55. The second-order valence-corrected chi connectivity index (χ2v) is 7.74. The number of carbonyl (C=O) groups excluding carboxylic acids is 3. The van der Waals surface area contributed by atoms with Crippen LogP contribution in [0, 0.1) is 10.1 Å². The van der Waals surface area contributed by atoms with Gasteiger partial charge in [0, 0.05) is 63.1 Å². The van der Waals surface area contributed by atoms with Crippen molar-refractivity contribution in [3.05, 3.63) is 10.1 Å². The molecule has 0 saturated carbocycles. The van der Waals surface area contributed by atoms with Crippen LogP contribution in [0.5, 0.6) is 0 Å². The van der Waals surface area contributed by atoms with Crippen LogP contribution in [0.3, 0.4) is 0 Å². The fourth-order valence-corrected chi connectivity index (χ4v) is 3.03. The molecule has 0 rings (SSSR count). The monoisotopic (exact) mass is 428 g/mol. The second kappa shape index (κ2) is 16.6. The predicted octanol–water partition coefficient (Wildman–Crippen LogP) is 2.70. The lowest BCUT2D eigenvalue weighted by molar-refractivity contribution is -0.573. The summed E-state index contributed by atoms with van der Waals surface area (Å²) < 4.78 is 0. The highest BCUT2D eigenvalue weighted by atomic mass is 16.6. The molecule has 0 radical (unpaired) electrons. The Balaban J connectivity index is 5.05. The zero-order valence-electron chi connectivity index (χ0n) is 18.9. The molecule has 0 unspecified atom stereocenters. The molecule has 0 fully saturated rings. The van der Waals surface area contributed by atoms with Crippen LogP contribution in [0.4, 0.5) is 0 Å². The van der Waals surface area contributed by atoms with Crippen LogP contribution in [0.25, 0.3) is 0 Å². The Kier molecular flexibility index (Phi) is 15.4. The lowest BCUT2D eigenvalue weighted by Crippen LogP contribution is -2.42. The van der Waals surface area contributed by atoms with Gasteiger partial charge in [0.15, 0.2) is 0 Å². The highest BCUT2D eigenvalue weighted by molar-refractivity contribution is 5.77. The minimum absolute atomic E-state index is 0.0000274. The summed E-state index contributed by atoms with van der Waals surface area (Å²) >= 11 is 0. The molecular weight excluding hydrogens is 388 g/mol. The Morgan fingerprint density at radius 1 is 0.700 bits per heavy atom. The molecule has 0 atom stereocenters. The van der Waals surface area contributed by atoms with Gasteiger partial charge in [-0.25, -0.2) is 0 Å². The van der Waals surface area contributed by atoms with Crippen molar-refractivity contribution in [2.24, 2.45) is 0 Å². The normalized spacial score (nSPS) is 11.0. The van der Waals surface area contributed by atoms with E-state index in [9.17, 15) is 24.5 Å². The molecule has 0 saturated heterocycles. The molecule has 30 heavy (non-hydrogen) atoms. The van der Waals surface area contributed by atoms with Gasteiger partial charge in [-0.1, -0.05) is 33.6 Å². The number of hydrogen-bond acceptors (Lipinski definition) is 5. The Labute approximate surface area is 180 Å². The maximum absolute atomic E-state index is 12.1. The lowest BCUT2D eigenvalue weighted by Gasteiger charge is -2.25. The SMILES string of the molecule is CCCCNC(=O)CCC(CCC(=O)NCCC)(CCC(=O)NCCCC)[N+](=O)[O-]. The topological polar surface area (TPSA) is 130 Å². The van der Waals surface area contributed by atoms with E-state index in [-0.39, 0.29) is 56.2 Å². The average molecular weight is 429 g/mol. The van der Waals surface area contributed by atoms with Crippen LogP contribution in [0.2, 0.25) is 0 Å². The van der Waals surface area contributed by atoms with Gasteiger partial charge in [0.1, 0.15) is 0 Å². The number of amides is 3. The van der Waals surface area contributed by atoms with Crippen molar-refractivity contribution in [1.82, 2.24) is 16.0 Å². The standard InChI is InChI=1S/C21H40N4O5/c1-4-7-16-23-19(27)10-13-21(25(29)30,12-9-18(26)22-15-6-3)14-11-20(28)24-17-8-5-2/h4-17H2,1-3H3,(H,22,26)(H,23,27)(H,24,28). The number of unbranched alkanes of at least 4 members (excludes halogenated alkanes) is 2. The van der Waals surface area contributed by atoms with Crippen LogP contribution < -0.4 is 16.0 Å². The van der Waals surface area contributed by atoms with Gasteiger partial charge in [0.2, 0.25) is 23.3 Å². The fourth-order valence-electron chi connectivity index (χ4n) is 3.03. The zero-order chi connectivity index (χ0) is 22.8. The van der Waals surface area contributed by atoms with Crippen molar-refractivity contribution in [3.63, 3.8) is 0 Å². The zero-order valence-corrected chi connectivity index (χ0v) is 18.9. The largest absolute Gasteiger partial charge is 0.356 e. The van der Waals surface area contributed by atoms with Gasteiger partial charge in [-0.3, -0.25) is 24.5 Å². The van der Waals surface area contributed by atoms with E-state index in [2.05, 4.69) is 16.0 Å². The predicted molar refractivity (Wildman–Crippen MR) is 117 cm³/mol. The molecule has 9 nitrogen and oxygen atoms in total. The Morgan fingerprint density at radius 3 is 1.37 bits per heavy atom. The number of nitro groups is 1. The van der Waals surface area contributed by atoms with E-state index < -0.39 is 10.5 Å². The summed E-state index contributed by atoms with van der Waals surface area (Å²) in [4.78, 5) is 47.8. The molecule has 3 amide bonds. The summed E-state index contributed by atoms with van der Waals surface area (Å²) in [5.74, 6) is -0.724. The van der Waals surface area contributed by atoms with E-state index in [1.54, 1.807) is 0 Å². The quantitative estimate of drug-likeness (QED) is 0.175. The number of hydrogen-bond donors (Lipinski definition) is 3. The summed E-state index contributed by atoms with van der Waals surface area (Å²) in [5, 5.41) is 20.3. The highest BCUT2D eigenvalue weighted by Gasteiger charge is 2.43. The lowest BCUT2D eigenvalue weighted by atomic mass is 9.84. The molecular formula is C21H40N4O5. The van der Waals surface area contributed by atoms with Gasteiger partial charge in [0.05, 0.1) is 0 Å². The van der Waals surface area contributed by atoms with Crippen LogP contribution in [-0.2, 0) is 14.4 Å². The fraction of sp³-hybridized carbons (Fsp3) is 0.857. The third-order valence-corrected chi connectivity index (χ3v) is 5.12. The first kappa shape index (κ1) is 27.8. The molecule has 0 aliphatic rings. The number of rotatable bonds is 18. The highest BCUT2D eigenvalue weighted by Crippen LogP contribution is 2.29. The molecule has 174 valence electrons. The number of nitrogens with one attached hydrogen (secondary N) is 3. The van der Waals surface area contributed by atoms with E-state index in [0.717, 1.165) is 32.1 Å². The van der Waals surface area contributed by atoms with Crippen LogP contribution in [0.1, 0.15) is 91.4 Å². The van der Waals surface area contributed by atoms with Crippen LogP contribution >= 0.6 is 0 Å². The van der Waals surface area contributed by atoms with Gasteiger partial charge in [-0.15, -0.1) is 0 Å². The van der Waals surface area contributed by atoms with Gasteiger partial charge < -0.3 is 16.0 Å². The molecule has 0 heterocycles. The van der Waals surface area contributed by atoms with E-state index in [1.807, 2.05) is 20.8 Å². The smallest absolute Gasteiger partial charge is 0.223 e. The molecule has 0 aromatic rings. The molecule has 3 N–H and O–H groups in total. The first-order valence-corrected chi connectivity index (χ1v) is 11.3. The Hall–Kier alpha value is -2.19. The molecule has 9 heteroatoms. The van der Waals surface area contributed by atoms with Gasteiger partial charge >= 0.3 is 0 Å². The average Bonchev–Trinajstić information content (AvgIpc) is 2.72. The van der Waals surface area contributed by atoms with Gasteiger partial charge in [0.25, 0.3) is 0 Å². The Bertz CT molecular complexity index is 513. The Morgan fingerprint density at radius 2 is 1.07 bits per heavy atom. The first-order valence-electron chi connectivity index (χ1n) is 11.3. The summed E-state index contributed by atoms with van der Waals surface area (Å²) in [5.41, 5.74) is -1.48. The minimum atomic E-state index is -1.48. The van der Waals surface area contributed by atoms with E-state index in [1.165, 1.54) is 0 Å². The molecule has 0 aliphatic heterocycles. The van der Waals surface area contributed by atoms with E-state index in [0.29, 0.717) is 19.6 Å². The third-order valence-electron chi connectivity index (χ3n) is 5.12. The minimum Gasteiger partial charge on any atom is -0.356 e. The van der Waals surface area contributed by atoms with Gasteiger partial charge in [-0.2, -0.15) is 0 Å². The van der Waals surface area contributed by atoms with Crippen molar-refractivity contribution in [2.75, 3.05) is 19.6 Å². The number of carbonyl (C=O) groups is 3. The van der Waals surface area contributed by atoms with E-state index in [4.69, 9.17) is 0 Å². The molecule has 0 spiro atoms. The van der Waals surface area contributed by atoms with Gasteiger partial charge in [-0.05, 0) is 19.3 Å². The van der Waals surface area contributed by atoms with Crippen molar-refractivity contribution >= 4 is 17.7 Å². The van der Waals surface area contributed by atoms with Crippen LogP contribution in [0.15, 0.2) is 0 Å². The molecule has 0 bridgehead atoms. The third kappa shape index (κ3) is 12.4. The maximum Gasteiger partial charge on any atom is 0.223 e. The van der Waals surface area contributed by atoms with Crippen molar-refractivity contribution in [1.29, 1.82) is 0 Å². The molecule has 0 aliphatic carbocycles. The number of nitrogens with zero attached hydrogens (tertiary/aromatic N) is 1. The second-order valence-electron chi connectivity index (χ2n) is 7.74. The molecule has 0 aromatic carbocycles.